The minimum atomic E-state index is -0.250. The van der Waals surface area contributed by atoms with Gasteiger partial charge in [0, 0.05) is 34.0 Å². The zero-order chi connectivity index (χ0) is 7.82. The summed E-state index contributed by atoms with van der Waals surface area (Å²) < 4.78 is 0. The first-order chi connectivity index (χ1) is 4.81. The Balaban J connectivity index is 0. The van der Waals surface area contributed by atoms with Gasteiger partial charge in [0.1, 0.15) is 0 Å². The molecule has 70 valence electrons. The molecule has 1 heterocycles. The van der Waals surface area contributed by atoms with E-state index in [-0.39, 0.29) is 33.6 Å². The number of hydrogen-bond acceptors (Lipinski definition) is 3. The van der Waals surface area contributed by atoms with Crippen LogP contribution in [0, 0.1) is 6.61 Å². The fourth-order valence-electron chi connectivity index (χ4n) is 0.565. The summed E-state index contributed by atoms with van der Waals surface area (Å²) in [6.07, 6.45) is 1.76. The smallest absolute Gasteiger partial charge is 0.220 e. The van der Waals surface area contributed by atoms with E-state index in [0.29, 0.717) is 6.61 Å². The topological polar surface area (TPSA) is 69.6 Å². The van der Waals surface area contributed by atoms with Gasteiger partial charge < -0.3 is 15.5 Å². The molecule has 0 bridgehead atoms. The van der Waals surface area contributed by atoms with Gasteiger partial charge in [-0.15, -0.1) is 0 Å². The fourth-order valence-corrected chi connectivity index (χ4v) is 0.565. The molecule has 0 spiro atoms. The van der Waals surface area contributed by atoms with Crippen LogP contribution in [0.1, 0.15) is 12.8 Å². The third kappa shape index (κ3) is 10.1. The number of amides is 1. The maximum Gasteiger partial charge on any atom is 0.220 e. The van der Waals surface area contributed by atoms with E-state index in [1.165, 1.54) is 0 Å². The van der Waals surface area contributed by atoms with Crippen LogP contribution >= 0.6 is 0 Å². The number of aliphatic hydroxyl groups is 2. The molecule has 1 aliphatic rings. The summed E-state index contributed by atoms with van der Waals surface area (Å²) in [5, 5.41) is 17.8. The minimum Gasteiger partial charge on any atom is -0.564 e. The molecule has 0 radical (unpaired) electrons. The van der Waals surface area contributed by atoms with Crippen LogP contribution in [0.15, 0.2) is 0 Å². The van der Waals surface area contributed by atoms with Gasteiger partial charge in [-0.25, -0.2) is 0 Å². The maximum atomic E-state index is 10.1. The number of aliphatic hydroxyl groups excluding tert-OH is 2. The Hall–Kier alpha value is 0.0783. The Bertz CT molecular complexity index is 89.8. The first-order valence-corrected chi connectivity index (χ1v) is 3.14. The number of hydrogen-bond donors (Lipinski definition) is 3. The van der Waals surface area contributed by atoms with E-state index >= 15 is 0 Å². The average molecular weight is 341 g/mol. The Morgan fingerprint density at radius 1 is 1.64 bits per heavy atom. The van der Waals surface area contributed by atoms with Gasteiger partial charge in [-0.1, -0.05) is 6.61 Å². The summed E-state index contributed by atoms with van der Waals surface area (Å²) in [6.45, 7) is 1.32. The fraction of sp³-hybridized carbons (Fsp3) is 0.667. The summed E-state index contributed by atoms with van der Waals surface area (Å²) in [6, 6.07) is 0. The molecule has 0 aromatic rings. The van der Waals surface area contributed by atoms with Gasteiger partial charge in [-0.3, -0.25) is 4.79 Å². The predicted molar refractivity (Wildman–Crippen MR) is 35.6 cm³/mol. The second-order valence-corrected chi connectivity index (χ2v) is 1.82. The first kappa shape index (κ1) is 13.7. The van der Waals surface area contributed by atoms with Crippen LogP contribution in [-0.2, 0) is 25.9 Å². The molecule has 0 unspecified atom stereocenters. The second kappa shape index (κ2) is 10.1. The van der Waals surface area contributed by atoms with Crippen molar-refractivity contribution < 1.29 is 36.1 Å². The van der Waals surface area contributed by atoms with Crippen molar-refractivity contribution in [3.8, 4) is 0 Å². The number of carbonyl (C=O) groups is 1. The molecular weight excluding hydrogens is 329 g/mol. The van der Waals surface area contributed by atoms with Crippen LogP contribution in [0.2, 0.25) is 0 Å². The molecule has 1 amide bonds. The van der Waals surface area contributed by atoms with Crippen LogP contribution in [0.3, 0.4) is 0 Å². The van der Waals surface area contributed by atoms with E-state index in [2.05, 4.69) is 5.32 Å². The Labute approximate surface area is 80.3 Å². The Morgan fingerprint density at radius 3 is 2.27 bits per heavy atom. The SMILES string of the molecule is O=C1CCCN1.O[CH-]CO.[Pt]. The van der Waals surface area contributed by atoms with Crippen LogP contribution in [0.5, 0.6) is 0 Å². The van der Waals surface area contributed by atoms with Gasteiger partial charge in [-0.05, 0) is 6.42 Å². The van der Waals surface area contributed by atoms with E-state index in [0.717, 1.165) is 19.4 Å². The molecule has 0 aliphatic carbocycles. The molecule has 1 fully saturated rings. The van der Waals surface area contributed by atoms with E-state index < -0.39 is 0 Å². The number of nitrogens with one attached hydrogen (secondary N) is 1. The zero-order valence-corrected chi connectivity index (χ0v) is 8.30. The van der Waals surface area contributed by atoms with Crippen LogP contribution in [0.25, 0.3) is 0 Å². The molecule has 1 saturated heterocycles. The quantitative estimate of drug-likeness (QED) is 0.559. The van der Waals surface area contributed by atoms with Gasteiger partial charge in [0.15, 0.2) is 0 Å². The van der Waals surface area contributed by atoms with Gasteiger partial charge in [-0.2, -0.15) is 6.61 Å². The van der Waals surface area contributed by atoms with E-state index in [1.807, 2.05) is 0 Å². The van der Waals surface area contributed by atoms with Crippen molar-refractivity contribution in [2.45, 2.75) is 12.8 Å². The molecule has 1 aliphatic heterocycles. The molecular formula is C6H12NO3Pt-. The molecule has 5 heteroatoms. The third-order valence-electron chi connectivity index (χ3n) is 0.984. The predicted octanol–water partition coefficient (Wildman–Crippen LogP) is -0.593. The first-order valence-electron chi connectivity index (χ1n) is 3.14. The Kier molecular flexibility index (Phi) is 12.5. The number of carbonyl (C=O) groups excluding carboxylic acids is 1. The molecule has 3 N–H and O–H groups in total. The van der Waals surface area contributed by atoms with E-state index in [4.69, 9.17) is 10.2 Å². The average Bonchev–Trinajstić information content (AvgIpc) is 2.40. The standard InChI is InChI=1S/C4H7NO.C2H5O2.Pt/c6-4-2-1-3-5-4;3-1-2-4;/h1-3H2,(H,5,6);1,3-4H,2H2;/q;-1;. The summed E-state index contributed by atoms with van der Waals surface area (Å²) in [5.41, 5.74) is 0. The van der Waals surface area contributed by atoms with Crippen molar-refractivity contribution in [1.82, 2.24) is 5.32 Å². The van der Waals surface area contributed by atoms with Gasteiger partial charge in [0.05, 0.1) is 0 Å². The summed E-state index contributed by atoms with van der Waals surface area (Å²) in [5.74, 6) is 0.204. The van der Waals surface area contributed by atoms with E-state index in [1.54, 1.807) is 0 Å². The van der Waals surface area contributed by atoms with Crippen LogP contribution < -0.4 is 5.32 Å². The second-order valence-electron chi connectivity index (χ2n) is 1.82. The van der Waals surface area contributed by atoms with Crippen molar-refractivity contribution in [2.24, 2.45) is 0 Å². The van der Waals surface area contributed by atoms with Gasteiger partial charge in [0.25, 0.3) is 0 Å². The van der Waals surface area contributed by atoms with Crippen molar-refractivity contribution in [3.63, 3.8) is 0 Å². The minimum absolute atomic E-state index is 0. The van der Waals surface area contributed by atoms with Crippen LogP contribution in [0.4, 0.5) is 0 Å². The van der Waals surface area contributed by atoms with Gasteiger partial charge in [0.2, 0.25) is 5.91 Å². The molecule has 11 heavy (non-hydrogen) atoms. The molecule has 0 aromatic heterocycles. The van der Waals surface area contributed by atoms with Crippen molar-refractivity contribution in [2.75, 3.05) is 13.2 Å². The zero-order valence-electron chi connectivity index (χ0n) is 6.02. The summed E-state index contributed by atoms with van der Waals surface area (Å²) in [4.78, 5) is 10.1. The largest absolute Gasteiger partial charge is 0.564 e. The molecule has 0 atom stereocenters. The monoisotopic (exact) mass is 341 g/mol. The maximum absolute atomic E-state index is 10.1. The van der Waals surface area contributed by atoms with Crippen molar-refractivity contribution >= 4 is 5.91 Å². The summed E-state index contributed by atoms with van der Waals surface area (Å²) >= 11 is 0. The molecule has 0 aromatic carbocycles. The molecule has 0 saturated carbocycles. The molecule has 4 nitrogen and oxygen atoms in total. The van der Waals surface area contributed by atoms with Crippen molar-refractivity contribution in [1.29, 1.82) is 0 Å². The molecule has 1 rings (SSSR count). The third-order valence-corrected chi connectivity index (χ3v) is 0.984. The Morgan fingerprint density at radius 2 is 2.18 bits per heavy atom. The normalized spacial score (nSPS) is 14.2. The van der Waals surface area contributed by atoms with Gasteiger partial charge >= 0.3 is 0 Å². The van der Waals surface area contributed by atoms with Crippen LogP contribution in [-0.4, -0.2) is 29.3 Å². The number of rotatable bonds is 1. The summed E-state index contributed by atoms with van der Waals surface area (Å²) in [7, 11) is 0. The van der Waals surface area contributed by atoms with E-state index in [9.17, 15) is 4.79 Å². The van der Waals surface area contributed by atoms with Crippen molar-refractivity contribution in [3.05, 3.63) is 6.61 Å².